The fourth-order valence-corrected chi connectivity index (χ4v) is 2.12. The van der Waals surface area contributed by atoms with Gasteiger partial charge in [-0.3, -0.25) is 0 Å². The van der Waals surface area contributed by atoms with E-state index in [9.17, 15) is 0 Å². The van der Waals surface area contributed by atoms with E-state index in [0.29, 0.717) is 12.0 Å². The van der Waals surface area contributed by atoms with Crippen molar-refractivity contribution < 1.29 is 0 Å². The second-order valence-electron chi connectivity index (χ2n) is 3.53. The number of aromatic nitrogens is 1. The molecule has 3 heteroatoms. The Bertz CT molecular complexity index is 255. The Morgan fingerprint density at radius 3 is 2.62 bits per heavy atom. The van der Waals surface area contributed by atoms with Gasteiger partial charge in [-0.15, -0.1) is 11.3 Å². The molecule has 13 heavy (non-hydrogen) atoms. The Hall–Kier alpha value is -0.410. The molecule has 0 amide bonds. The van der Waals surface area contributed by atoms with Crippen LogP contribution in [0.3, 0.4) is 0 Å². The number of rotatable bonds is 4. The average molecular weight is 198 g/mol. The summed E-state index contributed by atoms with van der Waals surface area (Å²) in [6.07, 6.45) is 1.99. The number of nitrogens with one attached hydrogen (secondary N) is 1. The van der Waals surface area contributed by atoms with Crippen molar-refractivity contribution in [2.24, 2.45) is 0 Å². The Kier molecular flexibility index (Phi) is 3.88. The Morgan fingerprint density at radius 1 is 1.46 bits per heavy atom. The van der Waals surface area contributed by atoms with Crippen molar-refractivity contribution in [1.82, 2.24) is 10.3 Å². The highest BCUT2D eigenvalue weighted by atomic mass is 32.1. The van der Waals surface area contributed by atoms with Crippen LogP contribution >= 0.6 is 11.3 Å². The van der Waals surface area contributed by atoms with Crippen LogP contribution in [0.4, 0.5) is 0 Å². The van der Waals surface area contributed by atoms with Crippen molar-refractivity contribution in [2.45, 2.75) is 39.7 Å². The predicted molar refractivity (Wildman–Crippen MR) is 58.3 cm³/mol. The van der Waals surface area contributed by atoms with Crippen LogP contribution in [-0.2, 0) is 0 Å². The molecule has 0 saturated carbocycles. The molecule has 1 unspecified atom stereocenters. The minimum absolute atomic E-state index is 0.440. The van der Waals surface area contributed by atoms with Crippen LogP contribution in [0.15, 0.2) is 6.20 Å². The molecule has 1 heterocycles. The van der Waals surface area contributed by atoms with E-state index in [1.807, 2.05) is 17.5 Å². The largest absolute Gasteiger partial charge is 0.310 e. The van der Waals surface area contributed by atoms with Crippen LogP contribution in [0, 0.1) is 0 Å². The number of hydrogen-bond donors (Lipinski definition) is 1. The summed E-state index contributed by atoms with van der Waals surface area (Å²) < 4.78 is 0. The summed E-state index contributed by atoms with van der Waals surface area (Å²) in [7, 11) is 0. The fourth-order valence-electron chi connectivity index (χ4n) is 1.17. The van der Waals surface area contributed by atoms with Crippen LogP contribution < -0.4 is 5.32 Å². The number of hydrogen-bond acceptors (Lipinski definition) is 3. The Labute approximate surface area is 84.4 Å². The second kappa shape index (κ2) is 4.72. The van der Waals surface area contributed by atoms with E-state index in [2.05, 4.69) is 38.0 Å². The molecule has 0 bridgehead atoms. The lowest BCUT2D eigenvalue weighted by Gasteiger charge is -2.08. The summed E-state index contributed by atoms with van der Waals surface area (Å²) in [5.74, 6) is 0.549. The van der Waals surface area contributed by atoms with Gasteiger partial charge in [0.2, 0.25) is 0 Å². The van der Waals surface area contributed by atoms with Crippen molar-refractivity contribution >= 4 is 11.3 Å². The summed E-state index contributed by atoms with van der Waals surface area (Å²) in [5, 5.41) is 4.62. The summed E-state index contributed by atoms with van der Waals surface area (Å²) >= 11 is 1.82. The maximum atomic E-state index is 4.40. The van der Waals surface area contributed by atoms with Crippen LogP contribution in [0.1, 0.15) is 49.5 Å². The smallest absolute Gasteiger partial charge is 0.0953 e. The zero-order valence-electron chi connectivity index (χ0n) is 8.79. The third-order valence-electron chi connectivity index (χ3n) is 1.97. The average Bonchev–Trinajstić information content (AvgIpc) is 2.52. The predicted octanol–water partition coefficient (Wildman–Crippen LogP) is 2.94. The summed E-state index contributed by atoms with van der Waals surface area (Å²) in [4.78, 5) is 5.74. The van der Waals surface area contributed by atoms with Crippen molar-refractivity contribution in [3.05, 3.63) is 16.1 Å². The third-order valence-corrected chi connectivity index (χ3v) is 3.45. The quantitative estimate of drug-likeness (QED) is 0.804. The van der Waals surface area contributed by atoms with Crippen molar-refractivity contribution in [3.8, 4) is 0 Å². The maximum Gasteiger partial charge on any atom is 0.0953 e. The minimum Gasteiger partial charge on any atom is -0.310 e. The van der Waals surface area contributed by atoms with Crippen molar-refractivity contribution in [3.63, 3.8) is 0 Å². The van der Waals surface area contributed by atoms with Crippen molar-refractivity contribution in [1.29, 1.82) is 0 Å². The molecule has 74 valence electrons. The molecular weight excluding hydrogens is 180 g/mol. The van der Waals surface area contributed by atoms with E-state index in [1.165, 1.54) is 9.88 Å². The topological polar surface area (TPSA) is 24.9 Å². The molecule has 1 atom stereocenters. The third kappa shape index (κ3) is 2.78. The zero-order chi connectivity index (χ0) is 9.84. The fraction of sp³-hybridized carbons (Fsp3) is 0.700. The Balaban J connectivity index is 2.67. The molecule has 0 aliphatic heterocycles. The van der Waals surface area contributed by atoms with Gasteiger partial charge in [-0.1, -0.05) is 20.8 Å². The standard InChI is InChI=1S/C10H18N2S/c1-5-11-8(4)9-6-12-10(13-9)7(2)3/h6-8,11H,5H2,1-4H3. The van der Waals surface area contributed by atoms with Gasteiger partial charge < -0.3 is 5.32 Å². The van der Waals surface area contributed by atoms with Gasteiger partial charge in [0, 0.05) is 23.0 Å². The molecule has 2 nitrogen and oxygen atoms in total. The van der Waals surface area contributed by atoms with Gasteiger partial charge >= 0.3 is 0 Å². The van der Waals surface area contributed by atoms with E-state index in [0.717, 1.165) is 6.54 Å². The molecule has 1 aromatic rings. The van der Waals surface area contributed by atoms with Gasteiger partial charge in [-0.2, -0.15) is 0 Å². The van der Waals surface area contributed by atoms with E-state index in [1.54, 1.807) is 0 Å². The minimum atomic E-state index is 0.440. The molecule has 0 fully saturated rings. The van der Waals surface area contributed by atoms with Crippen molar-refractivity contribution in [2.75, 3.05) is 6.54 Å². The summed E-state index contributed by atoms with van der Waals surface area (Å²) in [6, 6.07) is 0.440. The van der Waals surface area contributed by atoms with Crippen LogP contribution in [0.25, 0.3) is 0 Å². The maximum absolute atomic E-state index is 4.40. The molecule has 0 radical (unpaired) electrons. The molecule has 0 aliphatic rings. The molecular formula is C10H18N2S. The van der Waals surface area contributed by atoms with E-state index >= 15 is 0 Å². The van der Waals surface area contributed by atoms with Crippen LogP contribution in [0.2, 0.25) is 0 Å². The van der Waals surface area contributed by atoms with Crippen LogP contribution in [-0.4, -0.2) is 11.5 Å². The van der Waals surface area contributed by atoms with Gasteiger partial charge in [0.05, 0.1) is 5.01 Å². The van der Waals surface area contributed by atoms with Crippen LogP contribution in [0.5, 0.6) is 0 Å². The molecule has 0 aromatic carbocycles. The zero-order valence-corrected chi connectivity index (χ0v) is 9.61. The summed E-state index contributed by atoms with van der Waals surface area (Å²) in [5.41, 5.74) is 0. The lowest BCUT2D eigenvalue weighted by Crippen LogP contribution is -2.16. The van der Waals surface area contributed by atoms with Gasteiger partial charge in [-0.25, -0.2) is 4.98 Å². The molecule has 1 aromatic heterocycles. The molecule has 0 spiro atoms. The number of thiazole rings is 1. The lowest BCUT2D eigenvalue weighted by atomic mass is 10.2. The lowest BCUT2D eigenvalue weighted by molar-refractivity contribution is 0.606. The highest BCUT2D eigenvalue weighted by Gasteiger charge is 2.10. The van der Waals surface area contributed by atoms with Gasteiger partial charge in [0.1, 0.15) is 0 Å². The van der Waals surface area contributed by atoms with Gasteiger partial charge in [-0.05, 0) is 13.5 Å². The highest BCUT2D eigenvalue weighted by Crippen LogP contribution is 2.25. The highest BCUT2D eigenvalue weighted by molar-refractivity contribution is 7.11. The SMILES string of the molecule is CCNC(C)c1cnc(C(C)C)s1. The Morgan fingerprint density at radius 2 is 2.15 bits per heavy atom. The van der Waals surface area contributed by atoms with Gasteiger partial charge in [0.15, 0.2) is 0 Å². The second-order valence-corrected chi connectivity index (χ2v) is 4.63. The molecule has 0 saturated heterocycles. The number of nitrogens with zero attached hydrogens (tertiary/aromatic N) is 1. The van der Waals surface area contributed by atoms with Gasteiger partial charge in [0.25, 0.3) is 0 Å². The molecule has 0 aliphatic carbocycles. The van der Waals surface area contributed by atoms with E-state index in [-0.39, 0.29) is 0 Å². The first-order chi connectivity index (χ1) is 6.15. The molecule has 1 N–H and O–H groups in total. The first-order valence-electron chi connectivity index (χ1n) is 4.84. The monoisotopic (exact) mass is 198 g/mol. The first-order valence-corrected chi connectivity index (χ1v) is 5.65. The summed E-state index contributed by atoms with van der Waals surface area (Å²) in [6.45, 7) is 9.68. The van der Waals surface area contributed by atoms with E-state index < -0.39 is 0 Å². The molecule has 1 rings (SSSR count). The normalized spacial score (nSPS) is 13.6. The van der Waals surface area contributed by atoms with E-state index in [4.69, 9.17) is 0 Å². The first kappa shape index (κ1) is 10.7.